The fourth-order valence-corrected chi connectivity index (χ4v) is 2.74. The van der Waals surface area contributed by atoms with E-state index in [0.29, 0.717) is 19.6 Å². The molecular formula is C10H20BO4PS. The second-order valence-corrected chi connectivity index (χ2v) is 8.35. The zero-order valence-corrected chi connectivity index (χ0v) is 12.2. The van der Waals surface area contributed by atoms with Crippen LogP contribution in [0.4, 0.5) is 0 Å². The van der Waals surface area contributed by atoms with Crippen molar-refractivity contribution < 1.29 is 18.9 Å². The summed E-state index contributed by atoms with van der Waals surface area (Å²) in [5.74, 6) is 0. The summed E-state index contributed by atoms with van der Waals surface area (Å²) in [6, 6.07) is -0.368. The first-order valence-electron chi connectivity index (χ1n) is 5.86. The number of ether oxygens (including phenoxy) is 2. The monoisotopic (exact) mass is 278 g/mol. The van der Waals surface area contributed by atoms with Gasteiger partial charge in [0.15, 0.2) is 6.49 Å². The van der Waals surface area contributed by atoms with Crippen molar-refractivity contribution in [3.05, 3.63) is 0 Å². The lowest BCUT2D eigenvalue weighted by Crippen LogP contribution is -2.29. The third-order valence-corrected chi connectivity index (χ3v) is 6.06. The van der Waals surface area contributed by atoms with Crippen molar-refractivity contribution in [2.45, 2.75) is 51.1 Å². The summed E-state index contributed by atoms with van der Waals surface area (Å²) in [5.41, 5.74) is -0.0675. The van der Waals surface area contributed by atoms with Crippen LogP contribution in [0.2, 0.25) is 0 Å². The lowest BCUT2D eigenvalue weighted by atomic mass is 9.96. The lowest BCUT2D eigenvalue weighted by molar-refractivity contribution is -0.0214. The molecule has 1 aliphatic heterocycles. The summed E-state index contributed by atoms with van der Waals surface area (Å²) in [6.45, 7) is 3.88. The third-order valence-electron chi connectivity index (χ3n) is 2.65. The number of rotatable bonds is 6. The van der Waals surface area contributed by atoms with Crippen LogP contribution >= 0.6 is 6.49 Å². The van der Waals surface area contributed by atoms with Gasteiger partial charge in [-0.1, -0.05) is 13.8 Å². The number of hydrogen-bond donors (Lipinski definition) is 1. The number of hydrogen-bond acceptors (Lipinski definition) is 4. The minimum absolute atomic E-state index is 0.0675. The summed E-state index contributed by atoms with van der Waals surface area (Å²) < 4.78 is 16.4. The minimum atomic E-state index is -2.77. The summed E-state index contributed by atoms with van der Waals surface area (Å²) >= 11 is 5.12. The van der Waals surface area contributed by atoms with Gasteiger partial charge in [0.1, 0.15) is 14.0 Å². The van der Waals surface area contributed by atoms with E-state index in [1.54, 1.807) is 0 Å². The zero-order valence-electron chi connectivity index (χ0n) is 10.5. The van der Waals surface area contributed by atoms with E-state index >= 15 is 0 Å². The zero-order chi connectivity index (χ0) is 13.1. The Balaban J connectivity index is 2.58. The topological polar surface area (TPSA) is 47.9 Å². The fourth-order valence-electron chi connectivity index (χ4n) is 1.56. The Bertz CT molecular complexity index is 289. The second-order valence-electron chi connectivity index (χ2n) is 4.41. The summed E-state index contributed by atoms with van der Waals surface area (Å²) in [5, 5.41) is 0. The van der Waals surface area contributed by atoms with Gasteiger partial charge < -0.3 is 18.9 Å². The van der Waals surface area contributed by atoms with Gasteiger partial charge in [-0.25, -0.2) is 0 Å². The average molecular weight is 278 g/mol. The van der Waals surface area contributed by atoms with Gasteiger partial charge in [0.2, 0.25) is 0 Å². The molecular weight excluding hydrogens is 258 g/mol. The fraction of sp³-hybridized carbons (Fsp3) is 1.00. The molecule has 1 N–H and O–H groups in total. The molecule has 4 nitrogen and oxygen atoms in total. The summed E-state index contributed by atoms with van der Waals surface area (Å²) in [6.07, 6.45) is 0.0385. The van der Waals surface area contributed by atoms with Gasteiger partial charge >= 0.3 is 0 Å². The van der Waals surface area contributed by atoms with Gasteiger partial charge in [0, 0.05) is 18.3 Å². The van der Waals surface area contributed by atoms with Gasteiger partial charge in [0.05, 0.1) is 12.7 Å². The Kier molecular flexibility index (Phi) is 6.10. The lowest BCUT2D eigenvalue weighted by Gasteiger charge is -2.26. The highest BCUT2D eigenvalue weighted by Gasteiger charge is 2.37. The Hall–Kier alpha value is 0.555. The van der Waals surface area contributed by atoms with Gasteiger partial charge in [-0.3, -0.25) is 0 Å². The average Bonchev–Trinajstić information content (AvgIpc) is 2.54. The molecule has 1 rings (SSSR count). The molecule has 0 aliphatic carbocycles. The molecule has 98 valence electrons. The van der Waals surface area contributed by atoms with Crippen LogP contribution in [-0.4, -0.2) is 49.8 Å². The van der Waals surface area contributed by atoms with E-state index in [4.69, 9.17) is 33.7 Å². The van der Waals surface area contributed by atoms with E-state index in [1.165, 1.54) is 0 Å². The molecule has 1 heterocycles. The molecule has 1 fully saturated rings. The van der Waals surface area contributed by atoms with E-state index in [-0.39, 0.29) is 23.9 Å². The van der Waals surface area contributed by atoms with Crippen LogP contribution in [0.5, 0.6) is 0 Å². The van der Waals surface area contributed by atoms with Crippen molar-refractivity contribution in [3.8, 4) is 0 Å². The Morgan fingerprint density at radius 2 is 2.24 bits per heavy atom. The Labute approximate surface area is 110 Å². The first-order chi connectivity index (χ1) is 7.86. The van der Waals surface area contributed by atoms with Crippen molar-refractivity contribution in [1.29, 1.82) is 0 Å². The highest BCUT2D eigenvalue weighted by atomic mass is 32.5. The summed E-state index contributed by atoms with van der Waals surface area (Å²) in [7, 11) is 5.72. The van der Waals surface area contributed by atoms with Crippen molar-refractivity contribution >= 4 is 26.1 Å². The first-order valence-corrected chi connectivity index (χ1v) is 8.60. The van der Waals surface area contributed by atoms with Gasteiger partial charge in [-0.05, 0) is 25.2 Å². The van der Waals surface area contributed by atoms with Crippen molar-refractivity contribution in [2.75, 3.05) is 13.2 Å². The normalized spacial score (nSPS) is 32.9. The largest absolute Gasteiger partial charge is 0.380 e. The molecule has 0 bridgehead atoms. The van der Waals surface area contributed by atoms with Gasteiger partial charge in [-0.2, -0.15) is 0 Å². The van der Waals surface area contributed by atoms with Crippen LogP contribution in [0.3, 0.4) is 0 Å². The van der Waals surface area contributed by atoms with E-state index in [2.05, 4.69) is 0 Å². The van der Waals surface area contributed by atoms with Crippen LogP contribution in [0.25, 0.3) is 0 Å². The van der Waals surface area contributed by atoms with Crippen molar-refractivity contribution in [3.63, 3.8) is 0 Å². The molecule has 1 aliphatic rings. The molecule has 0 aromatic heterocycles. The van der Waals surface area contributed by atoms with Crippen molar-refractivity contribution in [2.24, 2.45) is 0 Å². The summed E-state index contributed by atoms with van der Waals surface area (Å²) in [4.78, 5) is 10.0. The van der Waals surface area contributed by atoms with Crippen LogP contribution in [-0.2, 0) is 25.8 Å². The van der Waals surface area contributed by atoms with E-state index in [9.17, 15) is 4.89 Å². The predicted octanol–water partition coefficient (Wildman–Crippen LogP) is 1.40. The van der Waals surface area contributed by atoms with E-state index in [0.717, 1.165) is 0 Å². The SMILES string of the molecule is [B][C@H]1CC(OP(O)(=S)C(C)C)[C@@H](COCC)O1. The first kappa shape index (κ1) is 15.6. The molecule has 0 aromatic rings. The van der Waals surface area contributed by atoms with Crippen LogP contribution in [0.15, 0.2) is 0 Å². The maximum atomic E-state index is 10.0. The standard InChI is InChI=1S/C10H20BO4PS/c1-4-13-6-9-8(5-10(11)14-9)15-16(12,17)7(2)3/h7-10H,4-6H2,1-3H3,(H,12,17)/t8?,9-,10-,16?/m1/s1. The Morgan fingerprint density at radius 3 is 2.76 bits per heavy atom. The Morgan fingerprint density at radius 1 is 1.59 bits per heavy atom. The van der Waals surface area contributed by atoms with Crippen molar-refractivity contribution in [1.82, 2.24) is 0 Å². The predicted molar refractivity (Wildman–Crippen MR) is 72.0 cm³/mol. The smallest absolute Gasteiger partial charge is 0.189 e. The molecule has 0 saturated carbocycles. The maximum Gasteiger partial charge on any atom is 0.189 e. The van der Waals surface area contributed by atoms with Crippen LogP contribution in [0.1, 0.15) is 27.2 Å². The molecule has 2 unspecified atom stereocenters. The van der Waals surface area contributed by atoms with E-state index in [1.807, 2.05) is 20.8 Å². The molecule has 0 aromatic carbocycles. The van der Waals surface area contributed by atoms with Gasteiger partial charge in [-0.15, -0.1) is 0 Å². The molecule has 0 amide bonds. The highest BCUT2D eigenvalue weighted by molar-refractivity contribution is 8.09. The molecule has 2 radical (unpaired) electrons. The third kappa shape index (κ3) is 4.62. The van der Waals surface area contributed by atoms with E-state index < -0.39 is 6.49 Å². The van der Waals surface area contributed by atoms with Crippen LogP contribution < -0.4 is 0 Å². The molecule has 0 spiro atoms. The second kappa shape index (κ2) is 6.64. The molecule has 1 saturated heterocycles. The van der Waals surface area contributed by atoms with Crippen LogP contribution in [0, 0.1) is 0 Å². The molecule has 4 atom stereocenters. The highest BCUT2D eigenvalue weighted by Crippen LogP contribution is 2.50. The minimum Gasteiger partial charge on any atom is -0.380 e. The van der Waals surface area contributed by atoms with Gasteiger partial charge in [0.25, 0.3) is 0 Å². The molecule has 7 heteroatoms. The molecule has 17 heavy (non-hydrogen) atoms. The maximum absolute atomic E-state index is 10.0. The quantitative estimate of drug-likeness (QED) is 0.588.